The van der Waals surface area contributed by atoms with Gasteiger partial charge >= 0.3 is 5.69 Å². The van der Waals surface area contributed by atoms with Crippen molar-refractivity contribution in [3.05, 3.63) is 28.3 Å². The summed E-state index contributed by atoms with van der Waals surface area (Å²) in [4.78, 5) is 10.5. The minimum atomic E-state index is -0.972. The Morgan fingerprint density at radius 1 is 1.56 bits per heavy atom. The zero-order chi connectivity index (χ0) is 13.5. The first-order valence-electron chi connectivity index (χ1n) is 5.53. The lowest BCUT2D eigenvalue weighted by atomic mass is 10.2. The summed E-state index contributed by atoms with van der Waals surface area (Å²) in [5.74, 6) is 0.172. The van der Waals surface area contributed by atoms with E-state index in [2.05, 4.69) is 5.32 Å². The lowest BCUT2D eigenvalue weighted by Crippen LogP contribution is -2.23. The van der Waals surface area contributed by atoms with Crippen LogP contribution in [0.15, 0.2) is 18.2 Å². The number of benzene rings is 1. The third kappa shape index (κ3) is 3.57. The average Bonchev–Trinajstić information content (AvgIpc) is 2.36. The third-order valence-corrected chi connectivity index (χ3v) is 2.22. The van der Waals surface area contributed by atoms with E-state index >= 15 is 0 Å². The van der Waals surface area contributed by atoms with Gasteiger partial charge in [0.15, 0.2) is 5.75 Å². The fraction of sp³-hybridized carbons (Fsp3) is 0.455. The molecule has 0 aliphatic rings. The maximum absolute atomic E-state index is 11.0. The van der Waals surface area contributed by atoms with Gasteiger partial charge in [-0.1, -0.05) is 6.07 Å². The number of aliphatic hydroxyl groups is 2. The summed E-state index contributed by atoms with van der Waals surface area (Å²) < 4.78 is 5.18. The molecule has 18 heavy (non-hydrogen) atoms. The van der Waals surface area contributed by atoms with Crippen LogP contribution in [-0.4, -0.2) is 41.0 Å². The van der Waals surface area contributed by atoms with Crippen LogP contribution in [0.1, 0.15) is 6.92 Å². The van der Waals surface area contributed by atoms with Crippen LogP contribution >= 0.6 is 0 Å². The van der Waals surface area contributed by atoms with Gasteiger partial charge in [0.05, 0.1) is 24.2 Å². The van der Waals surface area contributed by atoms with Gasteiger partial charge in [0.25, 0.3) is 0 Å². The summed E-state index contributed by atoms with van der Waals surface area (Å²) in [6, 6.07) is 4.64. The lowest BCUT2D eigenvalue weighted by molar-refractivity contribution is -0.384. The van der Waals surface area contributed by atoms with Crippen LogP contribution in [0.5, 0.6) is 5.75 Å². The molecule has 100 valence electrons. The molecule has 0 spiro atoms. The molecule has 0 amide bonds. The number of para-hydroxylation sites is 1. The van der Waals surface area contributed by atoms with Crippen molar-refractivity contribution in [1.29, 1.82) is 0 Å². The number of nitro benzene ring substituents is 1. The predicted molar refractivity (Wildman–Crippen MR) is 65.8 cm³/mol. The SMILES string of the molecule is CCOc1cccc(NCC(O)CO)c1[N+](=O)[O-]. The fourth-order valence-electron chi connectivity index (χ4n) is 1.42. The topological polar surface area (TPSA) is 105 Å². The summed E-state index contributed by atoms with van der Waals surface area (Å²) in [7, 11) is 0. The highest BCUT2D eigenvalue weighted by molar-refractivity contribution is 5.68. The van der Waals surface area contributed by atoms with Gasteiger partial charge < -0.3 is 20.3 Å². The number of rotatable bonds is 7. The van der Waals surface area contributed by atoms with Gasteiger partial charge in [0.1, 0.15) is 5.69 Å². The van der Waals surface area contributed by atoms with E-state index in [0.717, 1.165) is 0 Å². The van der Waals surface area contributed by atoms with Crippen molar-refractivity contribution in [2.45, 2.75) is 13.0 Å². The van der Waals surface area contributed by atoms with Crippen molar-refractivity contribution >= 4 is 11.4 Å². The molecule has 0 fully saturated rings. The molecule has 0 saturated heterocycles. The quantitative estimate of drug-likeness (QED) is 0.491. The van der Waals surface area contributed by atoms with Gasteiger partial charge in [-0.05, 0) is 19.1 Å². The largest absolute Gasteiger partial charge is 0.487 e. The Morgan fingerprint density at radius 3 is 2.83 bits per heavy atom. The zero-order valence-corrected chi connectivity index (χ0v) is 10.00. The molecule has 1 unspecified atom stereocenters. The van der Waals surface area contributed by atoms with Crippen molar-refractivity contribution in [2.24, 2.45) is 0 Å². The molecule has 0 aliphatic heterocycles. The highest BCUT2D eigenvalue weighted by Crippen LogP contribution is 2.34. The van der Waals surface area contributed by atoms with Crippen LogP contribution in [0.25, 0.3) is 0 Å². The molecule has 1 rings (SSSR count). The van der Waals surface area contributed by atoms with Crippen LogP contribution in [0.2, 0.25) is 0 Å². The Labute approximate surface area is 104 Å². The van der Waals surface area contributed by atoms with Crippen LogP contribution in [-0.2, 0) is 0 Å². The minimum absolute atomic E-state index is 0.0208. The van der Waals surface area contributed by atoms with Crippen LogP contribution in [0.4, 0.5) is 11.4 Å². The molecule has 0 saturated carbocycles. The fourth-order valence-corrected chi connectivity index (χ4v) is 1.42. The number of ether oxygens (including phenoxy) is 1. The van der Waals surface area contributed by atoms with Crippen LogP contribution in [0, 0.1) is 10.1 Å². The first-order valence-corrected chi connectivity index (χ1v) is 5.53. The van der Waals surface area contributed by atoms with Crippen LogP contribution in [0.3, 0.4) is 0 Å². The summed E-state index contributed by atoms with van der Waals surface area (Å²) in [5, 5.41) is 31.6. The predicted octanol–water partition coefficient (Wildman–Crippen LogP) is 0.759. The van der Waals surface area contributed by atoms with E-state index in [1.807, 2.05) is 0 Å². The number of anilines is 1. The molecular weight excluding hydrogens is 240 g/mol. The molecule has 1 atom stereocenters. The van der Waals surface area contributed by atoms with Crippen molar-refractivity contribution in [2.75, 3.05) is 25.1 Å². The molecule has 3 N–H and O–H groups in total. The smallest absolute Gasteiger partial charge is 0.333 e. The summed E-state index contributed by atoms with van der Waals surface area (Å²) in [6.07, 6.45) is -0.972. The van der Waals surface area contributed by atoms with Crippen molar-refractivity contribution in [3.8, 4) is 5.75 Å². The molecule has 0 aliphatic carbocycles. The highest BCUT2D eigenvalue weighted by atomic mass is 16.6. The molecule has 0 radical (unpaired) electrons. The Kier molecular flexibility index (Phi) is 5.34. The first kappa shape index (κ1) is 14.2. The van der Waals surface area contributed by atoms with Crippen molar-refractivity contribution < 1.29 is 19.9 Å². The zero-order valence-electron chi connectivity index (χ0n) is 10.00. The van der Waals surface area contributed by atoms with E-state index in [1.165, 1.54) is 12.1 Å². The van der Waals surface area contributed by atoms with Gasteiger partial charge in [0, 0.05) is 6.54 Å². The van der Waals surface area contributed by atoms with E-state index in [0.29, 0.717) is 6.61 Å². The Bertz CT molecular complexity index is 410. The third-order valence-electron chi connectivity index (χ3n) is 2.22. The molecule has 0 bridgehead atoms. The maximum atomic E-state index is 11.0. The number of hydrogen-bond donors (Lipinski definition) is 3. The molecule has 7 nitrogen and oxygen atoms in total. The Balaban J connectivity index is 2.95. The van der Waals surface area contributed by atoms with Crippen molar-refractivity contribution in [3.63, 3.8) is 0 Å². The summed E-state index contributed by atoms with van der Waals surface area (Å²) in [5.41, 5.74) is 0.0722. The average molecular weight is 256 g/mol. The number of nitro groups is 1. The second-order valence-corrected chi connectivity index (χ2v) is 3.56. The van der Waals surface area contributed by atoms with Crippen LogP contribution < -0.4 is 10.1 Å². The summed E-state index contributed by atoms with van der Waals surface area (Å²) in [6.45, 7) is 1.67. The molecular formula is C11H16N2O5. The standard InChI is InChI=1S/C11H16N2O5/c1-2-18-10-5-3-4-9(11(10)13(16)17)12-6-8(15)7-14/h3-5,8,12,14-15H,2,6-7H2,1H3. The van der Waals surface area contributed by atoms with Gasteiger partial charge in [0.2, 0.25) is 0 Å². The van der Waals surface area contributed by atoms with E-state index < -0.39 is 17.6 Å². The normalized spacial score (nSPS) is 11.9. The Morgan fingerprint density at radius 2 is 2.28 bits per heavy atom. The van der Waals surface area contributed by atoms with E-state index in [-0.39, 0.29) is 23.7 Å². The van der Waals surface area contributed by atoms with Gasteiger partial charge in [-0.15, -0.1) is 0 Å². The van der Waals surface area contributed by atoms with E-state index in [1.54, 1.807) is 13.0 Å². The van der Waals surface area contributed by atoms with Gasteiger partial charge in [-0.2, -0.15) is 0 Å². The maximum Gasteiger partial charge on any atom is 0.333 e. The number of hydrogen-bond acceptors (Lipinski definition) is 6. The minimum Gasteiger partial charge on any atom is -0.487 e. The number of nitrogens with one attached hydrogen (secondary N) is 1. The molecule has 1 aromatic carbocycles. The molecule has 0 aromatic heterocycles. The molecule has 0 heterocycles. The number of aliphatic hydroxyl groups excluding tert-OH is 2. The monoisotopic (exact) mass is 256 g/mol. The van der Waals surface area contributed by atoms with Crippen molar-refractivity contribution in [1.82, 2.24) is 0 Å². The molecule has 7 heteroatoms. The van der Waals surface area contributed by atoms with E-state index in [4.69, 9.17) is 9.84 Å². The highest BCUT2D eigenvalue weighted by Gasteiger charge is 2.21. The summed E-state index contributed by atoms with van der Waals surface area (Å²) >= 11 is 0. The van der Waals surface area contributed by atoms with E-state index in [9.17, 15) is 15.2 Å². The Hall–Kier alpha value is -1.86. The second-order valence-electron chi connectivity index (χ2n) is 3.56. The lowest BCUT2D eigenvalue weighted by Gasteiger charge is -2.12. The number of nitrogens with zero attached hydrogens (tertiary/aromatic N) is 1. The first-order chi connectivity index (χ1) is 8.60. The second kappa shape index (κ2) is 6.77. The molecule has 1 aromatic rings. The van der Waals surface area contributed by atoms with Gasteiger partial charge in [-0.25, -0.2) is 0 Å². The van der Waals surface area contributed by atoms with Gasteiger partial charge in [-0.3, -0.25) is 10.1 Å².